The van der Waals surface area contributed by atoms with Crippen molar-refractivity contribution in [2.75, 3.05) is 0 Å². The van der Waals surface area contributed by atoms with Crippen LogP contribution in [-0.2, 0) is 10.1 Å². The van der Waals surface area contributed by atoms with E-state index >= 15 is 0 Å². The molecule has 0 spiro atoms. The molecule has 3 aromatic rings. The fraction of sp³-hybridized carbons (Fsp3) is 0.0588. The Balaban J connectivity index is 2.21. The second kappa shape index (κ2) is 4.09. The van der Waals surface area contributed by atoms with E-state index in [2.05, 4.69) is 0 Å². The van der Waals surface area contributed by atoms with Gasteiger partial charge in [0, 0.05) is 11.1 Å². The Kier molecular flexibility index (Phi) is 2.41. The van der Waals surface area contributed by atoms with Crippen molar-refractivity contribution in [3.8, 4) is 16.9 Å². The molecule has 3 aromatic carbocycles. The summed E-state index contributed by atoms with van der Waals surface area (Å²) >= 11 is 0. The highest BCUT2D eigenvalue weighted by Gasteiger charge is 2.30. The third kappa shape index (κ3) is 1.76. The van der Waals surface area contributed by atoms with Crippen LogP contribution in [0.2, 0.25) is 0 Å². The molecule has 0 saturated carbocycles. The number of benzene rings is 3. The largest absolute Gasteiger partial charge is 0.378 e. The summed E-state index contributed by atoms with van der Waals surface area (Å²) in [4.78, 5) is 0.233. The summed E-state index contributed by atoms with van der Waals surface area (Å²) in [6.07, 6.45) is 0. The molecule has 4 rings (SSSR count). The average Bonchev–Trinajstić information content (AvgIpc) is 2.45. The summed E-state index contributed by atoms with van der Waals surface area (Å²) in [5.74, 6) is 0.395. The molecule has 3 nitrogen and oxygen atoms in total. The minimum Gasteiger partial charge on any atom is -0.378 e. The number of hydrogen-bond acceptors (Lipinski definition) is 3. The molecule has 0 aliphatic carbocycles. The third-order valence-electron chi connectivity index (χ3n) is 3.76. The summed E-state index contributed by atoms with van der Waals surface area (Å²) < 4.78 is 29.8. The van der Waals surface area contributed by atoms with Gasteiger partial charge < -0.3 is 4.18 Å². The Morgan fingerprint density at radius 2 is 1.76 bits per heavy atom. The highest BCUT2D eigenvalue weighted by Crippen LogP contribution is 2.45. The Bertz CT molecular complexity index is 988. The fourth-order valence-corrected chi connectivity index (χ4v) is 3.95. The van der Waals surface area contributed by atoms with Crippen LogP contribution in [0, 0.1) is 6.92 Å². The van der Waals surface area contributed by atoms with Gasteiger partial charge in [-0.3, -0.25) is 0 Å². The van der Waals surface area contributed by atoms with Crippen molar-refractivity contribution in [2.24, 2.45) is 0 Å². The highest BCUT2D eigenvalue weighted by atomic mass is 32.2. The zero-order valence-electron chi connectivity index (χ0n) is 11.3. The number of aryl methyl sites for hydroxylation is 1. The van der Waals surface area contributed by atoms with Gasteiger partial charge in [0.05, 0.1) is 0 Å². The van der Waals surface area contributed by atoms with E-state index in [1.807, 2.05) is 43.3 Å². The Morgan fingerprint density at radius 1 is 0.952 bits per heavy atom. The minimum absolute atomic E-state index is 0.233. The maximum atomic E-state index is 12.3. The first-order valence-corrected chi connectivity index (χ1v) is 8.04. The molecule has 0 atom stereocenters. The third-order valence-corrected chi connectivity index (χ3v) is 5.06. The topological polar surface area (TPSA) is 43.4 Å². The van der Waals surface area contributed by atoms with E-state index in [-0.39, 0.29) is 4.90 Å². The minimum atomic E-state index is -3.74. The molecule has 0 bridgehead atoms. The van der Waals surface area contributed by atoms with Gasteiger partial charge in [-0.2, -0.15) is 8.42 Å². The lowest BCUT2D eigenvalue weighted by Crippen LogP contribution is -2.16. The van der Waals surface area contributed by atoms with Crippen LogP contribution in [0.1, 0.15) is 5.56 Å². The van der Waals surface area contributed by atoms with Crippen LogP contribution in [0.15, 0.2) is 59.5 Å². The smallest absolute Gasteiger partial charge is 0.339 e. The van der Waals surface area contributed by atoms with E-state index in [0.717, 1.165) is 21.9 Å². The van der Waals surface area contributed by atoms with E-state index in [9.17, 15) is 8.42 Å². The zero-order chi connectivity index (χ0) is 14.6. The summed E-state index contributed by atoms with van der Waals surface area (Å²) in [7, 11) is -3.74. The standard InChI is InChI=1S/C17H12O3S/c1-11-6-9-16-14(10-11)17-13-5-3-2-4-12(13)7-8-15(17)20-21(16,18)19/h2-10H,1H3. The summed E-state index contributed by atoms with van der Waals surface area (Å²) in [5.41, 5.74) is 2.58. The van der Waals surface area contributed by atoms with Crippen LogP contribution >= 0.6 is 0 Å². The van der Waals surface area contributed by atoms with Gasteiger partial charge in [-0.25, -0.2) is 0 Å². The van der Waals surface area contributed by atoms with Crippen molar-refractivity contribution in [2.45, 2.75) is 11.8 Å². The van der Waals surface area contributed by atoms with E-state index in [4.69, 9.17) is 4.18 Å². The summed E-state index contributed by atoms with van der Waals surface area (Å²) in [6.45, 7) is 1.95. The molecular formula is C17H12O3S. The van der Waals surface area contributed by atoms with Gasteiger partial charge in [0.1, 0.15) is 4.90 Å². The van der Waals surface area contributed by atoms with E-state index in [0.29, 0.717) is 11.3 Å². The van der Waals surface area contributed by atoms with E-state index in [1.54, 1.807) is 18.2 Å². The molecule has 0 radical (unpaired) electrons. The maximum Gasteiger partial charge on any atom is 0.339 e. The van der Waals surface area contributed by atoms with Crippen LogP contribution in [0.5, 0.6) is 5.75 Å². The lowest BCUT2D eigenvalue weighted by molar-refractivity contribution is 0.483. The normalized spacial score (nSPS) is 15.1. The van der Waals surface area contributed by atoms with Crippen LogP contribution < -0.4 is 4.18 Å². The predicted molar refractivity (Wildman–Crippen MR) is 81.9 cm³/mol. The highest BCUT2D eigenvalue weighted by molar-refractivity contribution is 7.87. The van der Waals surface area contributed by atoms with Crippen LogP contribution in [0.3, 0.4) is 0 Å². The molecule has 0 amide bonds. The summed E-state index contributed by atoms with van der Waals surface area (Å²) in [6, 6.07) is 16.8. The molecule has 0 N–H and O–H groups in total. The maximum absolute atomic E-state index is 12.3. The lowest BCUT2D eigenvalue weighted by atomic mass is 9.96. The van der Waals surface area contributed by atoms with Crippen LogP contribution in [0.25, 0.3) is 21.9 Å². The predicted octanol–water partition coefficient (Wildman–Crippen LogP) is 3.90. The molecule has 1 aliphatic rings. The Hall–Kier alpha value is -2.33. The Morgan fingerprint density at radius 3 is 2.62 bits per heavy atom. The second-order valence-corrected chi connectivity index (χ2v) is 6.71. The van der Waals surface area contributed by atoms with Crippen molar-refractivity contribution >= 4 is 20.9 Å². The summed E-state index contributed by atoms with van der Waals surface area (Å²) in [5, 5.41) is 2.06. The molecule has 21 heavy (non-hydrogen) atoms. The molecule has 1 heterocycles. The first kappa shape index (κ1) is 12.4. The van der Waals surface area contributed by atoms with Gasteiger partial charge in [0.15, 0.2) is 5.75 Å². The second-order valence-electron chi connectivity index (χ2n) is 5.20. The molecule has 0 saturated heterocycles. The fourth-order valence-electron chi connectivity index (χ4n) is 2.82. The molecule has 0 fully saturated rings. The van der Waals surface area contributed by atoms with E-state index in [1.165, 1.54) is 0 Å². The molecule has 0 unspecified atom stereocenters. The van der Waals surface area contributed by atoms with Gasteiger partial charge in [0.2, 0.25) is 0 Å². The number of fused-ring (bicyclic) bond motifs is 5. The van der Waals surface area contributed by atoms with Crippen molar-refractivity contribution in [3.05, 3.63) is 60.2 Å². The van der Waals surface area contributed by atoms with Gasteiger partial charge in [-0.1, -0.05) is 42.0 Å². The van der Waals surface area contributed by atoms with Crippen molar-refractivity contribution in [1.82, 2.24) is 0 Å². The van der Waals surface area contributed by atoms with Crippen molar-refractivity contribution in [1.29, 1.82) is 0 Å². The molecule has 104 valence electrons. The first-order chi connectivity index (χ1) is 10.1. The van der Waals surface area contributed by atoms with Gasteiger partial charge in [-0.05, 0) is 35.9 Å². The Labute approximate surface area is 122 Å². The van der Waals surface area contributed by atoms with Gasteiger partial charge in [0.25, 0.3) is 0 Å². The molecule has 4 heteroatoms. The first-order valence-electron chi connectivity index (χ1n) is 6.63. The zero-order valence-corrected chi connectivity index (χ0v) is 12.1. The quantitative estimate of drug-likeness (QED) is 0.591. The molecular weight excluding hydrogens is 284 g/mol. The van der Waals surface area contributed by atoms with E-state index < -0.39 is 10.1 Å². The molecule has 0 aromatic heterocycles. The average molecular weight is 296 g/mol. The van der Waals surface area contributed by atoms with Gasteiger partial charge in [-0.15, -0.1) is 0 Å². The van der Waals surface area contributed by atoms with Crippen molar-refractivity contribution in [3.63, 3.8) is 0 Å². The van der Waals surface area contributed by atoms with Crippen LogP contribution in [-0.4, -0.2) is 8.42 Å². The number of hydrogen-bond donors (Lipinski definition) is 0. The lowest BCUT2D eigenvalue weighted by Gasteiger charge is -2.22. The van der Waals surface area contributed by atoms with Crippen LogP contribution in [0.4, 0.5) is 0 Å². The van der Waals surface area contributed by atoms with Gasteiger partial charge >= 0.3 is 10.1 Å². The SMILES string of the molecule is Cc1ccc2c(c1)-c1c(ccc3ccccc13)OS2(=O)=O. The number of rotatable bonds is 0. The monoisotopic (exact) mass is 296 g/mol. The molecule has 1 aliphatic heterocycles. The van der Waals surface area contributed by atoms with Crippen molar-refractivity contribution < 1.29 is 12.6 Å².